The summed E-state index contributed by atoms with van der Waals surface area (Å²) in [5.74, 6) is -0.567. The van der Waals surface area contributed by atoms with Crippen LogP contribution < -0.4 is 15.2 Å². The Morgan fingerprint density at radius 3 is 2.68 bits per heavy atom. The van der Waals surface area contributed by atoms with Gasteiger partial charge in [-0.25, -0.2) is 0 Å². The van der Waals surface area contributed by atoms with E-state index in [0.29, 0.717) is 16.9 Å². The largest absolute Gasteiger partial charge is 0.504 e. The summed E-state index contributed by atoms with van der Waals surface area (Å²) in [5.41, 5.74) is -0.895. The van der Waals surface area contributed by atoms with Gasteiger partial charge < -0.3 is 14.9 Å². The number of ether oxygens (including phenoxy) is 1. The number of aromatic hydroxyl groups is 2. The number of carbonyl (C=O) groups excluding carboxylic acids is 1. The maximum absolute atomic E-state index is 11.9. The van der Waals surface area contributed by atoms with Crippen LogP contribution in [0.1, 0.15) is 15.9 Å². The zero-order valence-corrected chi connectivity index (χ0v) is 12.1. The number of phenolic OH excluding ortho intramolecular Hbond substituents is 1. The molecule has 22 heavy (non-hydrogen) atoms. The third kappa shape index (κ3) is 3.23. The van der Waals surface area contributed by atoms with E-state index < -0.39 is 26.8 Å². The van der Waals surface area contributed by atoms with Crippen molar-refractivity contribution in [2.75, 3.05) is 7.11 Å². The summed E-state index contributed by atoms with van der Waals surface area (Å²) in [6, 6.07) is 4.42. The molecular weight excluding hydrogens is 310 g/mol. The Morgan fingerprint density at radius 1 is 1.32 bits per heavy atom. The number of hydrogen-bond donors (Lipinski definition) is 3. The molecule has 1 aromatic heterocycles. The SMILES string of the molecule is COc1cc(C=CC(=O)c2c(O)sc(=O)[nH]c2=O)ccc1O. The van der Waals surface area contributed by atoms with Gasteiger partial charge in [-0.1, -0.05) is 12.1 Å². The molecule has 7 nitrogen and oxygen atoms in total. The molecule has 2 aromatic rings. The number of rotatable bonds is 4. The molecule has 1 heterocycles. The summed E-state index contributed by atoms with van der Waals surface area (Å²) in [6.45, 7) is 0. The molecule has 0 aliphatic heterocycles. The summed E-state index contributed by atoms with van der Waals surface area (Å²) in [5, 5.41) is 18.4. The normalized spacial score (nSPS) is 10.8. The number of benzene rings is 1. The van der Waals surface area contributed by atoms with Gasteiger partial charge in [-0.05, 0) is 35.1 Å². The highest BCUT2D eigenvalue weighted by atomic mass is 32.1. The second-order valence-corrected chi connectivity index (χ2v) is 5.11. The number of H-pyrrole nitrogens is 1. The number of carbonyl (C=O) groups is 1. The molecule has 0 atom stereocenters. The first-order valence-electron chi connectivity index (χ1n) is 5.98. The molecule has 0 unspecified atom stereocenters. The zero-order valence-electron chi connectivity index (χ0n) is 11.3. The number of hydrogen-bond acceptors (Lipinski definition) is 7. The summed E-state index contributed by atoms with van der Waals surface area (Å²) >= 11 is 0.368. The first-order chi connectivity index (χ1) is 10.4. The van der Waals surface area contributed by atoms with Crippen molar-refractivity contribution in [2.24, 2.45) is 0 Å². The lowest BCUT2D eigenvalue weighted by Gasteiger charge is -2.03. The quantitative estimate of drug-likeness (QED) is 0.574. The molecule has 1 aromatic carbocycles. The molecule has 114 valence electrons. The number of nitrogens with one attached hydrogen (secondary N) is 1. The second-order valence-electron chi connectivity index (χ2n) is 4.15. The Morgan fingerprint density at radius 2 is 2.05 bits per heavy atom. The minimum Gasteiger partial charge on any atom is -0.504 e. The van der Waals surface area contributed by atoms with Gasteiger partial charge in [0, 0.05) is 0 Å². The van der Waals surface area contributed by atoms with E-state index >= 15 is 0 Å². The molecule has 0 spiro atoms. The highest BCUT2D eigenvalue weighted by Gasteiger charge is 2.15. The third-order valence-corrected chi connectivity index (χ3v) is 3.41. The van der Waals surface area contributed by atoms with Crippen LogP contribution in [0.2, 0.25) is 0 Å². The van der Waals surface area contributed by atoms with Gasteiger partial charge in [0.1, 0.15) is 5.56 Å². The molecule has 0 aliphatic carbocycles. The van der Waals surface area contributed by atoms with Crippen LogP contribution in [0.5, 0.6) is 16.6 Å². The fourth-order valence-electron chi connectivity index (χ4n) is 1.69. The molecule has 2 rings (SSSR count). The highest BCUT2D eigenvalue weighted by molar-refractivity contribution is 7.11. The van der Waals surface area contributed by atoms with Crippen molar-refractivity contribution in [1.82, 2.24) is 4.98 Å². The molecule has 0 saturated heterocycles. The van der Waals surface area contributed by atoms with Crippen molar-refractivity contribution < 1.29 is 19.7 Å². The fraction of sp³-hybridized carbons (Fsp3) is 0.0714. The smallest absolute Gasteiger partial charge is 0.310 e. The van der Waals surface area contributed by atoms with Crippen molar-refractivity contribution in [2.45, 2.75) is 0 Å². The number of allylic oxidation sites excluding steroid dienone is 1. The van der Waals surface area contributed by atoms with E-state index in [1.54, 1.807) is 0 Å². The molecule has 0 bridgehead atoms. The van der Waals surface area contributed by atoms with Crippen molar-refractivity contribution in [3.63, 3.8) is 0 Å². The Bertz CT molecular complexity index is 864. The lowest BCUT2D eigenvalue weighted by molar-refractivity contribution is 0.104. The molecule has 8 heteroatoms. The summed E-state index contributed by atoms with van der Waals surface area (Å²) in [4.78, 5) is 35.7. The lowest BCUT2D eigenvalue weighted by Crippen LogP contribution is -2.22. The standard InChI is InChI=1S/C14H11NO6S/c1-21-10-6-7(2-4-8(10)16)3-5-9(17)11-12(18)15-14(20)22-13(11)19/h2-6,16,19H,1H3,(H,15,18,20). The van der Waals surface area contributed by atoms with E-state index in [4.69, 9.17) is 4.74 Å². The summed E-state index contributed by atoms with van der Waals surface area (Å²) in [7, 11) is 1.39. The minimum atomic E-state index is -0.945. The molecule has 0 aliphatic rings. The third-order valence-electron chi connectivity index (χ3n) is 2.72. The van der Waals surface area contributed by atoms with Crippen LogP contribution >= 0.6 is 11.3 Å². The van der Waals surface area contributed by atoms with Gasteiger partial charge in [-0.3, -0.25) is 19.4 Å². The molecular formula is C14H11NO6S. The number of ketones is 1. The molecule has 0 amide bonds. The Labute approximate surface area is 127 Å². The lowest BCUT2D eigenvalue weighted by atomic mass is 10.1. The van der Waals surface area contributed by atoms with Gasteiger partial charge in [-0.2, -0.15) is 0 Å². The van der Waals surface area contributed by atoms with Gasteiger partial charge in [0.2, 0.25) is 0 Å². The maximum Gasteiger partial charge on any atom is 0.310 e. The van der Waals surface area contributed by atoms with Crippen molar-refractivity contribution in [3.05, 3.63) is 55.4 Å². The average molecular weight is 321 g/mol. The predicted molar refractivity (Wildman–Crippen MR) is 80.9 cm³/mol. The van der Waals surface area contributed by atoms with E-state index in [0.717, 1.165) is 6.08 Å². The topological polar surface area (TPSA) is 117 Å². The number of aromatic nitrogens is 1. The predicted octanol–water partition coefficient (Wildman–Crippen LogP) is 1.11. The van der Waals surface area contributed by atoms with E-state index in [9.17, 15) is 24.6 Å². The highest BCUT2D eigenvalue weighted by Crippen LogP contribution is 2.26. The van der Waals surface area contributed by atoms with Crippen molar-refractivity contribution in [3.8, 4) is 16.6 Å². The average Bonchev–Trinajstić information content (AvgIpc) is 2.45. The van der Waals surface area contributed by atoms with Gasteiger partial charge >= 0.3 is 4.87 Å². The number of methoxy groups -OCH3 is 1. The molecule has 3 N–H and O–H groups in total. The van der Waals surface area contributed by atoms with Crippen molar-refractivity contribution >= 4 is 23.2 Å². The number of aromatic amines is 1. The van der Waals surface area contributed by atoms with E-state index in [-0.39, 0.29) is 11.5 Å². The number of phenols is 1. The summed E-state index contributed by atoms with van der Waals surface area (Å²) < 4.78 is 4.93. The van der Waals surface area contributed by atoms with Crippen LogP contribution in [-0.4, -0.2) is 28.1 Å². The van der Waals surface area contributed by atoms with Gasteiger partial charge in [0.05, 0.1) is 7.11 Å². The maximum atomic E-state index is 11.9. The Kier molecular flexibility index (Phi) is 4.42. The van der Waals surface area contributed by atoms with Gasteiger partial charge in [-0.15, -0.1) is 0 Å². The zero-order chi connectivity index (χ0) is 16.3. The van der Waals surface area contributed by atoms with E-state index in [2.05, 4.69) is 0 Å². The van der Waals surface area contributed by atoms with Crippen LogP contribution in [0.3, 0.4) is 0 Å². The van der Waals surface area contributed by atoms with Crippen LogP contribution in [-0.2, 0) is 0 Å². The van der Waals surface area contributed by atoms with Gasteiger partial charge in [0.25, 0.3) is 5.56 Å². The van der Waals surface area contributed by atoms with Crippen LogP contribution in [0.25, 0.3) is 6.08 Å². The monoisotopic (exact) mass is 321 g/mol. The minimum absolute atomic E-state index is 0.0482. The first kappa shape index (κ1) is 15.5. The molecule has 0 saturated carbocycles. The first-order valence-corrected chi connectivity index (χ1v) is 6.80. The molecule has 0 radical (unpaired) electrons. The van der Waals surface area contributed by atoms with E-state index in [1.165, 1.54) is 31.4 Å². The van der Waals surface area contributed by atoms with Gasteiger partial charge in [0.15, 0.2) is 22.3 Å². The van der Waals surface area contributed by atoms with E-state index in [1.807, 2.05) is 4.98 Å². The van der Waals surface area contributed by atoms with Crippen LogP contribution in [0, 0.1) is 0 Å². The Hall–Kier alpha value is -2.87. The summed E-state index contributed by atoms with van der Waals surface area (Å²) in [6.07, 6.45) is 2.46. The second kappa shape index (κ2) is 6.27. The van der Waals surface area contributed by atoms with Crippen LogP contribution in [0.4, 0.5) is 0 Å². The fourth-order valence-corrected chi connectivity index (χ4v) is 2.30. The van der Waals surface area contributed by atoms with Crippen LogP contribution in [0.15, 0.2) is 33.9 Å². The Balaban J connectivity index is 2.33. The molecule has 0 fully saturated rings. The van der Waals surface area contributed by atoms with Crippen molar-refractivity contribution in [1.29, 1.82) is 0 Å².